The standard InChI is InChI=1S/C13H20FN3/c1-3-15-8-12-9(2)16-17-13(12)10-4-6-11(14)7-5-10/h4-7,9,12-13,15-17H,3,8H2,1-2H3. The molecule has 2 rings (SSSR count). The van der Waals surface area contributed by atoms with E-state index in [9.17, 15) is 4.39 Å². The zero-order chi connectivity index (χ0) is 12.3. The topological polar surface area (TPSA) is 36.1 Å². The minimum absolute atomic E-state index is 0.184. The van der Waals surface area contributed by atoms with Crippen molar-refractivity contribution in [3.8, 4) is 0 Å². The molecule has 1 saturated heterocycles. The Kier molecular flexibility index (Phi) is 4.10. The van der Waals surface area contributed by atoms with Crippen molar-refractivity contribution in [2.45, 2.75) is 25.9 Å². The Balaban J connectivity index is 2.10. The van der Waals surface area contributed by atoms with Crippen LogP contribution < -0.4 is 16.2 Å². The Bertz CT molecular complexity index is 352. The average molecular weight is 237 g/mol. The van der Waals surface area contributed by atoms with E-state index in [-0.39, 0.29) is 11.9 Å². The minimum Gasteiger partial charge on any atom is -0.317 e. The van der Waals surface area contributed by atoms with Crippen molar-refractivity contribution >= 4 is 0 Å². The van der Waals surface area contributed by atoms with E-state index < -0.39 is 0 Å². The number of hydrogen-bond donors (Lipinski definition) is 3. The Morgan fingerprint density at radius 3 is 2.59 bits per heavy atom. The molecule has 3 N–H and O–H groups in total. The van der Waals surface area contributed by atoms with Gasteiger partial charge >= 0.3 is 0 Å². The molecule has 17 heavy (non-hydrogen) atoms. The highest BCUT2D eigenvalue weighted by atomic mass is 19.1. The summed E-state index contributed by atoms with van der Waals surface area (Å²) < 4.78 is 12.9. The van der Waals surface area contributed by atoms with Crippen molar-refractivity contribution in [3.63, 3.8) is 0 Å². The van der Waals surface area contributed by atoms with Crippen molar-refractivity contribution in [1.82, 2.24) is 16.2 Å². The molecule has 3 nitrogen and oxygen atoms in total. The summed E-state index contributed by atoms with van der Waals surface area (Å²) in [7, 11) is 0. The van der Waals surface area contributed by atoms with Gasteiger partial charge in [-0.1, -0.05) is 19.1 Å². The van der Waals surface area contributed by atoms with Gasteiger partial charge in [-0.15, -0.1) is 0 Å². The molecule has 94 valence electrons. The lowest BCUT2D eigenvalue weighted by Crippen LogP contribution is -2.32. The predicted octanol–water partition coefficient (Wildman–Crippen LogP) is 1.59. The van der Waals surface area contributed by atoms with E-state index in [2.05, 4.69) is 30.0 Å². The maximum Gasteiger partial charge on any atom is 0.123 e. The number of nitrogens with one attached hydrogen (secondary N) is 3. The molecule has 4 heteroatoms. The fraction of sp³-hybridized carbons (Fsp3) is 0.538. The highest BCUT2D eigenvalue weighted by Crippen LogP contribution is 2.28. The van der Waals surface area contributed by atoms with Crippen LogP contribution >= 0.6 is 0 Å². The molecule has 1 aliphatic heterocycles. The molecule has 0 aliphatic carbocycles. The van der Waals surface area contributed by atoms with E-state index in [0.717, 1.165) is 18.7 Å². The lowest BCUT2D eigenvalue weighted by Gasteiger charge is -2.21. The van der Waals surface area contributed by atoms with Crippen molar-refractivity contribution in [1.29, 1.82) is 0 Å². The Morgan fingerprint density at radius 1 is 1.24 bits per heavy atom. The van der Waals surface area contributed by atoms with Gasteiger partial charge in [0.2, 0.25) is 0 Å². The second kappa shape index (κ2) is 5.58. The van der Waals surface area contributed by atoms with Gasteiger partial charge in [-0.2, -0.15) is 0 Å². The molecular formula is C13H20FN3. The lowest BCUT2D eigenvalue weighted by atomic mass is 9.90. The van der Waals surface area contributed by atoms with Crippen molar-refractivity contribution in [3.05, 3.63) is 35.6 Å². The van der Waals surface area contributed by atoms with E-state index in [4.69, 9.17) is 0 Å². The first-order chi connectivity index (χ1) is 8.22. The SMILES string of the molecule is CCNCC1C(C)NNC1c1ccc(F)cc1. The van der Waals surface area contributed by atoms with Crippen molar-refractivity contribution in [2.75, 3.05) is 13.1 Å². The van der Waals surface area contributed by atoms with Crippen LogP contribution in [0.3, 0.4) is 0 Å². The van der Waals surface area contributed by atoms with E-state index in [1.807, 2.05) is 12.1 Å². The summed E-state index contributed by atoms with van der Waals surface area (Å²) >= 11 is 0. The number of benzene rings is 1. The van der Waals surface area contributed by atoms with E-state index in [1.165, 1.54) is 12.1 Å². The summed E-state index contributed by atoms with van der Waals surface area (Å²) in [6.07, 6.45) is 0. The van der Waals surface area contributed by atoms with Crippen LogP contribution in [0.15, 0.2) is 24.3 Å². The summed E-state index contributed by atoms with van der Waals surface area (Å²) in [5.74, 6) is 0.288. The van der Waals surface area contributed by atoms with Gasteiger partial charge in [0.05, 0.1) is 6.04 Å². The Labute approximate surface area is 102 Å². The van der Waals surface area contributed by atoms with Crippen molar-refractivity contribution in [2.24, 2.45) is 5.92 Å². The summed E-state index contributed by atoms with van der Waals surface area (Å²) in [5.41, 5.74) is 7.68. The zero-order valence-electron chi connectivity index (χ0n) is 10.3. The molecule has 1 heterocycles. The molecule has 0 saturated carbocycles. The molecule has 0 aromatic heterocycles. The maximum absolute atomic E-state index is 12.9. The highest BCUT2D eigenvalue weighted by molar-refractivity contribution is 5.22. The van der Waals surface area contributed by atoms with Crippen molar-refractivity contribution < 1.29 is 4.39 Å². The first kappa shape index (κ1) is 12.5. The Hall–Kier alpha value is -0.970. The molecule has 1 aliphatic rings. The number of rotatable bonds is 4. The lowest BCUT2D eigenvalue weighted by molar-refractivity contribution is 0.408. The summed E-state index contributed by atoms with van der Waals surface area (Å²) in [6.45, 7) is 6.20. The van der Waals surface area contributed by atoms with Crippen LogP contribution in [0.25, 0.3) is 0 Å². The molecule has 0 spiro atoms. The highest BCUT2D eigenvalue weighted by Gasteiger charge is 2.33. The Morgan fingerprint density at radius 2 is 1.94 bits per heavy atom. The molecule has 3 unspecified atom stereocenters. The molecule has 1 aromatic carbocycles. The van der Waals surface area contributed by atoms with Crippen LogP contribution in [0.1, 0.15) is 25.5 Å². The van der Waals surface area contributed by atoms with Gasteiger partial charge < -0.3 is 5.32 Å². The first-order valence-electron chi connectivity index (χ1n) is 6.19. The first-order valence-corrected chi connectivity index (χ1v) is 6.19. The molecule has 0 bridgehead atoms. The van der Waals surface area contributed by atoms with Gasteiger partial charge in [-0.3, -0.25) is 5.43 Å². The molecule has 3 atom stereocenters. The summed E-state index contributed by atoms with van der Waals surface area (Å²) in [6, 6.07) is 7.39. The van der Waals surface area contributed by atoms with Crippen LogP contribution in [-0.2, 0) is 0 Å². The monoisotopic (exact) mass is 237 g/mol. The van der Waals surface area contributed by atoms with Gasteiger partial charge in [0.15, 0.2) is 0 Å². The van der Waals surface area contributed by atoms with Gasteiger partial charge in [-0.25, -0.2) is 9.82 Å². The third-order valence-electron chi connectivity index (χ3n) is 3.40. The number of hydrazine groups is 1. The van der Waals surface area contributed by atoms with Crippen LogP contribution in [0.2, 0.25) is 0 Å². The zero-order valence-corrected chi connectivity index (χ0v) is 10.3. The van der Waals surface area contributed by atoms with E-state index >= 15 is 0 Å². The van der Waals surface area contributed by atoms with Crippen LogP contribution in [0, 0.1) is 11.7 Å². The number of halogens is 1. The van der Waals surface area contributed by atoms with E-state index in [1.54, 1.807) is 0 Å². The smallest absolute Gasteiger partial charge is 0.123 e. The number of hydrogen-bond acceptors (Lipinski definition) is 3. The van der Waals surface area contributed by atoms with Crippen LogP contribution in [0.5, 0.6) is 0 Å². The van der Waals surface area contributed by atoms with E-state index in [0.29, 0.717) is 12.0 Å². The largest absolute Gasteiger partial charge is 0.317 e. The third-order valence-corrected chi connectivity index (χ3v) is 3.40. The van der Waals surface area contributed by atoms with Gasteiger partial charge in [-0.05, 0) is 31.2 Å². The summed E-state index contributed by atoms with van der Waals surface area (Å²) in [4.78, 5) is 0. The van der Waals surface area contributed by atoms with Gasteiger partial charge in [0.25, 0.3) is 0 Å². The fourth-order valence-electron chi connectivity index (χ4n) is 2.33. The molecule has 1 aromatic rings. The van der Waals surface area contributed by atoms with Gasteiger partial charge in [0.1, 0.15) is 5.82 Å². The fourth-order valence-corrected chi connectivity index (χ4v) is 2.33. The van der Waals surface area contributed by atoms with Gasteiger partial charge in [0, 0.05) is 18.5 Å². The maximum atomic E-state index is 12.9. The molecule has 0 amide bonds. The van der Waals surface area contributed by atoms with Crippen LogP contribution in [0.4, 0.5) is 4.39 Å². The second-order valence-corrected chi connectivity index (χ2v) is 4.58. The molecule has 1 fully saturated rings. The normalized spacial score (nSPS) is 28.5. The quantitative estimate of drug-likeness (QED) is 0.744. The molecule has 0 radical (unpaired) electrons. The molecular weight excluding hydrogens is 217 g/mol. The van der Waals surface area contributed by atoms with Crippen LogP contribution in [-0.4, -0.2) is 19.1 Å². The predicted molar refractivity (Wildman–Crippen MR) is 66.9 cm³/mol. The summed E-state index contributed by atoms with van der Waals surface area (Å²) in [5, 5.41) is 3.38. The second-order valence-electron chi connectivity index (χ2n) is 4.58. The average Bonchev–Trinajstić information content (AvgIpc) is 2.69. The minimum atomic E-state index is -0.184. The third kappa shape index (κ3) is 2.83.